The van der Waals surface area contributed by atoms with E-state index in [0.717, 1.165) is 20.5 Å². The van der Waals surface area contributed by atoms with E-state index in [-0.39, 0.29) is 0 Å². The van der Waals surface area contributed by atoms with Gasteiger partial charge in [-0.25, -0.2) is 9.97 Å². The predicted octanol–water partition coefficient (Wildman–Crippen LogP) is 2.08. The van der Waals surface area contributed by atoms with Crippen molar-refractivity contribution in [2.24, 2.45) is 0 Å². The molecule has 0 aliphatic carbocycles. The van der Waals surface area contributed by atoms with Gasteiger partial charge in [-0.15, -0.1) is 0 Å². The molecular weight excluding hydrogens is 347 g/mol. The molecule has 2 N–H and O–H groups in total. The molecule has 0 saturated carbocycles. The summed E-state index contributed by atoms with van der Waals surface area (Å²) >= 11 is 2.11. The highest BCUT2D eigenvalue weighted by molar-refractivity contribution is 14.1. The van der Waals surface area contributed by atoms with Crippen LogP contribution in [-0.2, 0) is 11.3 Å². The number of ether oxygens (including phenoxy) is 1. The largest absolute Gasteiger partial charge is 0.383 e. The van der Waals surface area contributed by atoms with Crippen molar-refractivity contribution in [3.63, 3.8) is 0 Å². The first-order valence-electron chi connectivity index (χ1n) is 5.28. The number of methoxy groups -OCH3 is 1. The molecule has 2 aromatic heterocycles. The van der Waals surface area contributed by atoms with Crippen LogP contribution in [0.4, 0.5) is 5.82 Å². The molecule has 7 heteroatoms. The van der Waals surface area contributed by atoms with Crippen LogP contribution in [0, 0.1) is 17.4 Å². The van der Waals surface area contributed by atoms with Gasteiger partial charge in [-0.2, -0.15) is 0 Å². The van der Waals surface area contributed by atoms with Gasteiger partial charge in [-0.3, -0.25) is 0 Å². The molecule has 0 saturated heterocycles. The van der Waals surface area contributed by atoms with E-state index in [1.165, 1.54) is 0 Å². The van der Waals surface area contributed by atoms with Gasteiger partial charge in [-0.05, 0) is 36.4 Å². The molecule has 0 aliphatic rings. The summed E-state index contributed by atoms with van der Waals surface area (Å²) in [7, 11) is 1.62. The number of anilines is 1. The van der Waals surface area contributed by atoms with Crippen molar-refractivity contribution in [2.75, 3.05) is 12.8 Å². The number of hydrogen-bond donors (Lipinski definition) is 1. The predicted molar refractivity (Wildman–Crippen MR) is 74.8 cm³/mol. The number of rotatable bonds is 3. The summed E-state index contributed by atoms with van der Waals surface area (Å²) < 4.78 is 11.0. The molecule has 6 nitrogen and oxygen atoms in total. The minimum absolute atomic E-state index is 0.390. The van der Waals surface area contributed by atoms with Gasteiger partial charge in [0.25, 0.3) is 0 Å². The molecule has 0 spiro atoms. The molecule has 0 bridgehead atoms. The first kappa shape index (κ1) is 13.2. The maximum Gasteiger partial charge on any atom is 0.167 e. The van der Waals surface area contributed by atoms with Crippen molar-refractivity contribution in [2.45, 2.75) is 20.5 Å². The zero-order valence-electron chi connectivity index (χ0n) is 10.3. The number of hydrogen-bond acceptors (Lipinski definition) is 6. The van der Waals surface area contributed by atoms with Crippen LogP contribution < -0.4 is 5.73 Å². The van der Waals surface area contributed by atoms with Gasteiger partial charge in [0.05, 0.1) is 27.1 Å². The zero-order chi connectivity index (χ0) is 13.3. The van der Waals surface area contributed by atoms with Gasteiger partial charge in [0.15, 0.2) is 5.82 Å². The molecule has 0 aromatic carbocycles. The van der Waals surface area contributed by atoms with Gasteiger partial charge in [0.1, 0.15) is 11.6 Å². The Morgan fingerprint density at radius 2 is 2.06 bits per heavy atom. The van der Waals surface area contributed by atoms with E-state index in [1.54, 1.807) is 7.11 Å². The number of aryl methyl sites for hydroxylation is 2. The van der Waals surface area contributed by atoms with E-state index in [9.17, 15) is 0 Å². The summed E-state index contributed by atoms with van der Waals surface area (Å²) in [4.78, 5) is 8.75. The number of nitrogens with zero attached hydrogens (tertiary/aromatic N) is 3. The molecule has 0 unspecified atom stereocenters. The fraction of sp³-hybridized carbons (Fsp3) is 0.364. The number of nitrogens with two attached hydrogens (primary N) is 1. The van der Waals surface area contributed by atoms with Crippen LogP contribution in [0.5, 0.6) is 0 Å². The highest BCUT2D eigenvalue weighted by atomic mass is 127. The van der Waals surface area contributed by atoms with Crippen LogP contribution in [-0.4, -0.2) is 22.2 Å². The Bertz CT molecular complexity index is 563. The van der Waals surface area contributed by atoms with Crippen LogP contribution in [0.2, 0.25) is 0 Å². The number of nitrogen functional groups attached to an aromatic ring is 1. The number of halogens is 1. The molecule has 0 radical (unpaired) electrons. The monoisotopic (exact) mass is 360 g/mol. The molecule has 2 aromatic rings. The molecule has 0 atom stereocenters. The highest BCUT2D eigenvalue weighted by Crippen LogP contribution is 2.27. The van der Waals surface area contributed by atoms with Crippen LogP contribution in [0.25, 0.3) is 11.4 Å². The molecule has 2 heterocycles. The second kappa shape index (κ2) is 5.19. The smallest absolute Gasteiger partial charge is 0.167 e. The second-order valence-corrected chi connectivity index (χ2v) is 4.90. The number of aromatic nitrogens is 3. The van der Waals surface area contributed by atoms with Crippen LogP contribution >= 0.6 is 22.6 Å². The molecule has 0 amide bonds. The van der Waals surface area contributed by atoms with Crippen LogP contribution in [0.15, 0.2) is 4.52 Å². The van der Waals surface area contributed by atoms with E-state index >= 15 is 0 Å². The minimum atomic E-state index is 0.390. The van der Waals surface area contributed by atoms with Crippen molar-refractivity contribution in [3.05, 3.63) is 20.7 Å². The van der Waals surface area contributed by atoms with Gasteiger partial charge >= 0.3 is 0 Å². The Morgan fingerprint density at radius 1 is 1.33 bits per heavy atom. The first-order chi connectivity index (χ1) is 8.54. The topological polar surface area (TPSA) is 87.1 Å². The summed E-state index contributed by atoms with van der Waals surface area (Å²) in [5.74, 6) is 1.64. The van der Waals surface area contributed by atoms with Gasteiger partial charge in [0.2, 0.25) is 0 Å². The van der Waals surface area contributed by atoms with Crippen molar-refractivity contribution < 1.29 is 9.26 Å². The summed E-state index contributed by atoms with van der Waals surface area (Å²) in [5.41, 5.74) is 8.19. The molecule has 2 rings (SSSR count). The normalized spacial score (nSPS) is 10.9. The summed E-state index contributed by atoms with van der Waals surface area (Å²) in [6.45, 7) is 4.06. The van der Waals surface area contributed by atoms with Gasteiger partial charge in [-0.1, -0.05) is 5.16 Å². The molecule has 96 valence electrons. The van der Waals surface area contributed by atoms with Crippen LogP contribution in [0.1, 0.15) is 17.1 Å². The Balaban J connectivity index is 2.59. The maximum absolute atomic E-state index is 5.89. The fourth-order valence-electron chi connectivity index (χ4n) is 1.66. The second-order valence-electron chi connectivity index (χ2n) is 3.83. The Hall–Kier alpha value is -1.22. The third kappa shape index (κ3) is 2.32. The van der Waals surface area contributed by atoms with Gasteiger partial charge < -0.3 is 15.0 Å². The molecule has 0 aliphatic heterocycles. The third-order valence-electron chi connectivity index (χ3n) is 2.48. The molecule has 18 heavy (non-hydrogen) atoms. The SMILES string of the molecule is COCc1nc(-c2c(C)noc2C)nc(N)c1I. The van der Waals surface area contributed by atoms with E-state index in [0.29, 0.717) is 24.0 Å². The summed E-state index contributed by atoms with van der Waals surface area (Å²) in [6, 6.07) is 0. The quantitative estimate of drug-likeness (QED) is 0.844. The minimum Gasteiger partial charge on any atom is -0.383 e. The van der Waals surface area contributed by atoms with Crippen LogP contribution in [0.3, 0.4) is 0 Å². The molecule has 0 fully saturated rings. The van der Waals surface area contributed by atoms with Crippen molar-refractivity contribution in [3.8, 4) is 11.4 Å². The average molecular weight is 360 g/mol. The van der Waals surface area contributed by atoms with E-state index < -0.39 is 0 Å². The van der Waals surface area contributed by atoms with Crippen molar-refractivity contribution in [1.29, 1.82) is 0 Å². The van der Waals surface area contributed by atoms with Crippen molar-refractivity contribution in [1.82, 2.24) is 15.1 Å². The zero-order valence-corrected chi connectivity index (χ0v) is 12.5. The van der Waals surface area contributed by atoms with E-state index in [4.69, 9.17) is 15.0 Å². The van der Waals surface area contributed by atoms with E-state index in [1.807, 2.05) is 13.8 Å². The van der Waals surface area contributed by atoms with Crippen molar-refractivity contribution >= 4 is 28.4 Å². The third-order valence-corrected chi connectivity index (χ3v) is 3.66. The van der Waals surface area contributed by atoms with Gasteiger partial charge in [0, 0.05) is 7.11 Å². The summed E-state index contributed by atoms with van der Waals surface area (Å²) in [5, 5.41) is 3.89. The Morgan fingerprint density at radius 3 is 2.61 bits per heavy atom. The lowest BCUT2D eigenvalue weighted by Crippen LogP contribution is -2.06. The lowest BCUT2D eigenvalue weighted by atomic mass is 10.2. The Labute approximate surface area is 118 Å². The maximum atomic E-state index is 5.89. The highest BCUT2D eigenvalue weighted by Gasteiger charge is 2.17. The average Bonchev–Trinajstić information content (AvgIpc) is 2.65. The lowest BCUT2D eigenvalue weighted by Gasteiger charge is -2.08. The standard InChI is InChI=1S/C11H13IN4O2/c1-5-8(6(2)18-16-5)11-14-7(4-17-3)9(12)10(13)15-11/h4H2,1-3H3,(H2,13,14,15). The first-order valence-corrected chi connectivity index (χ1v) is 6.36. The van der Waals surface area contributed by atoms with E-state index in [2.05, 4.69) is 37.7 Å². The lowest BCUT2D eigenvalue weighted by molar-refractivity contribution is 0.181. The summed E-state index contributed by atoms with van der Waals surface area (Å²) in [6.07, 6.45) is 0. The Kier molecular flexibility index (Phi) is 3.81. The fourth-order valence-corrected chi connectivity index (χ4v) is 2.06. The molecular formula is C11H13IN4O2.